The van der Waals surface area contributed by atoms with E-state index in [-0.39, 0.29) is 17.7 Å². The number of nitrogens with zero attached hydrogens (tertiary/aromatic N) is 1. The Hall–Kier alpha value is -0.800. The van der Waals surface area contributed by atoms with Crippen molar-refractivity contribution in [3.05, 3.63) is 23.0 Å². The van der Waals surface area contributed by atoms with Crippen molar-refractivity contribution in [2.75, 3.05) is 6.61 Å². The Morgan fingerprint density at radius 2 is 2.28 bits per heavy atom. The van der Waals surface area contributed by atoms with E-state index in [1.165, 1.54) is 29.8 Å². The number of rotatable bonds is 1. The second-order valence-electron chi connectivity index (χ2n) is 6.14. The third kappa shape index (κ3) is 1.57. The molecule has 1 aromatic heterocycles. The van der Waals surface area contributed by atoms with E-state index in [0.29, 0.717) is 0 Å². The average molecular weight is 248 g/mol. The van der Waals surface area contributed by atoms with Crippen molar-refractivity contribution >= 4 is 0 Å². The van der Waals surface area contributed by atoms with Crippen molar-refractivity contribution in [3.8, 4) is 0 Å². The van der Waals surface area contributed by atoms with Crippen LogP contribution in [0.2, 0.25) is 0 Å². The molecule has 1 saturated heterocycles. The first-order chi connectivity index (χ1) is 8.54. The minimum Gasteiger partial charge on any atom is -0.376 e. The van der Waals surface area contributed by atoms with Gasteiger partial charge in [0.25, 0.3) is 0 Å². The lowest BCUT2D eigenvalue weighted by Gasteiger charge is -2.35. The zero-order valence-electron chi connectivity index (χ0n) is 11.7. The van der Waals surface area contributed by atoms with Crippen LogP contribution in [-0.2, 0) is 16.7 Å². The fourth-order valence-electron chi connectivity index (χ4n) is 3.77. The number of aryl methyl sites for hydroxylation is 1. The van der Waals surface area contributed by atoms with E-state index in [1.807, 2.05) is 0 Å². The van der Waals surface area contributed by atoms with Gasteiger partial charge in [0.2, 0.25) is 0 Å². The van der Waals surface area contributed by atoms with Crippen LogP contribution in [0.4, 0.5) is 0 Å². The highest BCUT2D eigenvalue weighted by atomic mass is 16.5. The van der Waals surface area contributed by atoms with Gasteiger partial charge < -0.3 is 15.0 Å². The number of aromatic nitrogens is 1. The Morgan fingerprint density at radius 3 is 2.94 bits per heavy atom. The second kappa shape index (κ2) is 4.10. The predicted octanol–water partition coefficient (Wildman–Crippen LogP) is 2.66. The summed E-state index contributed by atoms with van der Waals surface area (Å²) < 4.78 is 8.34. The summed E-state index contributed by atoms with van der Waals surface area (Å²) >= 11 is 0. The summed E-state index contributed by atoms with van der Waals surface area (Å²) in [5.41, 5.74) is 10.5. The topological polar surface area (TPSA) is 40.2 Å². The van der Waals surface area contributed by atoms with Gasteiger partial charge in [-0.1, -0.05) is 0 Å². The summed E-state index contributed by atoms with van der Waals surface area (Å²) in [5, 5.41) is 0. The van der Waals surface area contributed by atoms with Crippen molar-refractivity contribution in [1.29, 1.82) is 0 Å². The van der Waals surface area contributed by atoms with Crippen molar-refractivity contribution in [2.45, 2.75) is 64.1 Å². The van der Waals surface area contributed by atoms with Crippen LogP contribution in [0, 0.1) is 6.92 Å². The number of ether oxygens (including phenoxy) is 1. The van der Waals surface area contributed by atoms with Crippen molar-refractivity contribution in [1.82, 2.24) is 4.57 Å². The van der Waals surface area contributed by atoms with E-state index < -0.39 is 0 Å². The highest BCUT2D eigenvalue weighted by Gasteiger charge is 2.41. The van der Waals surface area contributed by atoms with E-state index >= 15 is 0 Å². The molecule has 3 rings (SSSR count). The summed E-state index contributed by atoms with van der Waals surface area (Å²) in [7, 11) is 0. The maximum absolute atomic E-state index is 6.26. The zero-order valence-corrected chi connectivity index (χ0v) is 11.7. The van der Waals surface area contributed by atoms with Crippen LogP contribution in [0.1, 0.15) is 56.1 Å². The van der Waals surface area contributed by atoms with Crippen molar-refractivity contribution in [3.63, 3.8) is 0 Å². The molecule has 1 aliphatic heterocycles. The molecule has 1 aromatic rings. The molecule has 0 amide bonds. The number of nitrogens with two attached hydrogens (primary N) is 1. The van der Waals surface area contributed by atoms with Gasteiger partial charge in [0.05, 0.1) is 11.6 Å². The largest absolute Gasteiger partial charge is 0.376 e. The van der Waals surface area contributed by atoms with Gasteiger partial charge in [-0.15, -0.1) is 0 Å². The molecule has 2 aliphatic rings. The normalized spacial score (nSPS) is 35.8. The molecule has 100 valence electrons. The Kier molecular flexibility index (Phi) is 2.79. The highest BCUT2D eigenvalue weighted by molar-refractivity contribution is 5.34. The molecule has 0 spiro atoms. The first-order valence-electron chi connectivity index (χ1n) is 7.13. The molecule has 1 aliphatic carbocycles. The molecule has 18 heavy (non-hydrogen) atoms. The highest BCUT2D eigenvalue weighted by Crippen LogP contribution is 2.40. The maximum atomic E-state index is 6.26. The molecule has 2 N–H and O–H groups in total. The third-order valence-electron chi connectivity index (χ3n) is 5.01. The fraction of sp³-hybridized carbons (Fsp3) is 0.733. The molecule has 1 fully saturated rings. The quantitative estimate of drug-likeness (QED) is 0.830. The first kappa shape index (κ1) is 12.2. The molecule has 0 saturated carbocycles. The predicted molar refractivity (Wildman–Crippen MR) is 72.7 cm³/mol. The van der Waals surface area contributed by atoms with Crippen LogP contribution in [0.5, 0.6) is 0 Å². The zero-order chi connectivity index (χ0) is 12.9. The van der Waals surface area contributed by atoms with Gasteiger partial charge in [-0.25, -0.2) is 0 Å². The van der Waals surface area contributed by atoms with Gasteiger partial charge in [-0.2, -0.15) is 0 Å². The Balaban J connectivity index is 2.12. The molecule has 3 nitrogen and oxygen atoms in total. The van der Waals surface area contributed by atoms with Crippen LogP contribution >= 0.6 is 0 Å². The van der Waals surface area contributed by atoms with Crippen LogP contribution in [-0.4, -0.2) is 17.3 Å². The molecule has 0 bridgehead atoms. The van der Waals surface area contributed by atoms with E-state index in [2.05, 4.69) is 31.4 Å². The summed E-state index contributed by atoms with van der Waals surface area (Å²) in [6.07, 6.45) is 4.89. The third-order valence-corrected chi connectivity index (χ3v) is 5.01. The van der Waals surface area contributed by atoms with Gasteiger partial charge in [-0.05, 0) is 58.1 Å². The Bertz CT molecular complexity index is 465. The number of hydrogen-bond donors (Lipinski definition) is 1. The molecule has 2 heterocycles. The van der Waals surface area contributed by atoms with E-state index in [1.54, 1.807) is 0 Å². The minimum atomic E-state index is 0.106. The van der Waals surface area contributed by atoms with Crippen LogP contribution in [0.3, 0.4) is 0 Å². The maximum Gasteiger partial charge on any atom is 0.0780 e. The van der Waals surface area contributed by atoms with Gasteiger partial charge in [0.15, 0.2) is 0 Å². The molecule has 3 heteroatoms. The van der Waals surface area contributed by atoms with Gasteiger partial charge in [0, 0.05) is 24.0 Å². The lowest BCUT2D eigenvalue weighted by molar-refractivity contribution is 0.0740. The first-order valence-corrected chi connectivity index (χ1v) is 7.13. The summed E-state index contributed by atoms with van der Waals surface area (Å²) in [6.45, 7) is 7.61. The van der Waals surface area contributed by atoms with Crippen molar-refractivity contribution < 1.29 is 4.74 Å². The summed E-state index contributed by atoms with van der Waals surface area (Å²) in [5.74, 6) is 0. The second-order valence-corrected chi connectivity index (χ2v) is 6.14. The van der Waals surface area contributed by atoms with E-state index in [4.69, 9.17) is 10.5 Å². The monoisotopic (exact) mass is 248 g/mol. The average Bonchev–Trinajstić information content (AvgIpc) is 2.82. The van der Waals surface area contributed by atoms with Crippen LogP contribution in [0.25, 0.3) is 0 Å². The molecular formula is C15H24N2O. The molecule has 3 unspecified atom stereocenters. The van der Waals surface area contributed by atoms with E-state index in [9.17, 15) is 0 Å². The summed E-state index contributed by atoms with van der Waals surface area (Å²) in [4.78, 5) is 0. The van der Waals surface area contributed by atoms with Gasteiger partial charge in [-0.3, -0.25) is 0 Å². The smallest absolute Gasteiger partial charge is 0.0780 e. The van der Waals surface area contributed by atoms with Gasteiger partial charge in [0.1, 0.15) is 0 Å². The molecular weight excluding hydrogens is 224 g/mol. The Labute approximate surface area is 109 Å². The van der Waals surface area contributed by atoms with Crippen LogP contribution in [0.15, 0.2) is 6.07 Å². The Morgan fingerprint density at radius 1 is 1.50 bits per heavy atom. The molecule has 3 atom stereocenters. The lowest BCUT2D eigenvalue weighted by atomic mass is 9.90. The standard InChI is InChI=1S/C15H24N2O/c1-10-9-12-13(16)5-4-6-14(12)17(10)15(3)7-8-18-11(15)2/h9,11,13H,4-8,16H2,1-3H3. The van der Waals surface area contributed by atoms with Gasteiger partial charge >= 0.3 is 0 Å². The molecule has 0 radical (unpaired) electrons. The fourth-order valence-corrected chi connectivity index (χ4v) is 3.77. The summed E-state index contributed by atoms with van der Waals surface area (Å²) in [6, 6.07) is 2.53. The van der Waals surface area contributed by atoms with Crippen LogP contribution < -0.4 is 5.73 Å². The van der Waals surface area contributed by atoms with Crippen molar-refractivity contribution in [2.24, 2.45) is 5.73 Å². The van der Waals surface area contributed by atoms with E-state index in [0.717, 1.165) is 19.4 Å². The minimum absolute atomic E-state index is 0.106. The number of hydrogen-bond acceptors (Lipinski definition) is 2. The number of fused-ring (bicyclic) bond motifs is 1. The lowest BCUT2D eigenvalue weighted by Crippen LogP contribution is -2.39. The molecule has 0 aromatic carbocycles. The SMILES string of the molecule is Cc1cc2c(n1C1(C)CCOC1C)CCCC2N.